The van der Waals surface area contributed by atoms with Gasteiger partial charge >= 0.3 is 0 Å². The average Bonchev–Trinajstić information content (AvgIpc) is 3.06. The second-order valence-corrected chi connectivity index (χ2v) is 7.29. The zero-order chi connectivity index (χ0) is 18.3. The molecule has 134 valence electrons. The summed E-state index contributed by atoms with van der Waals surface area (Å²) in [6.45, 7) is 7.63. The first-order valence-corrected chi connectivity index (χ1v) is 9.22. The number of benzene rings is 1. The van der Waals surface area contributed by atoms with Crippen LogP contribution >= 0.6 is 0 Å². The number of hydrogen-bond donors (Lipinski definition) is 0. The fourth-order valence-corrected chi connectivity index (χ4v) is 4.01. The summed E-state index contributed by atoms with van der Waals surface area (Å²) in [6.07, 6.45) is 2.15. The number of aromatic nitrogens is 3. The van der Waals surface area contributed by atoms with Crippen molar-refractivity contribution >= 4 is 11.6 Å². The molecule has 1 amide bonds. The second-order valence-electron chi connectivity index (χ2n) is 7.29. The molecule has 1 fully saturated rings. The minimum Gasteiger partial charge on any atom is -0.337 e. The van der Waals surface area contributed by atoms with Crippen LogP contribution in [0, 0.1) is 20.8 Å². The normalized spacial score (nSPS) is 17.7. The molecule has 4 rings (SSSR count). The smallest absolute Gasteiger partial charge is 0.274 e. The third-order valence-electron chi connectivity index (χ3n) is 5.29. The molecule has 5 nitrogen and oxygen atoms in total. The number of fused-ring (bicyclic) bond motifs is 1. The predicted molar refractivity (Wildman–Crippen MR) is 102 cm³/mol. The van der Waals surface area contributed by atoms with Crippen LogP contribution in [0.25, 0.3) is 5.65 Å². The lowest BCUT2D eigenvalue weighted by Crippen LogP contribution is -2.39. The van der Waals surface area contributed by atoms with Crippen molar-refractivity contribution in [2.24, 2.45) is 0 Å². The molecule has 1 atom stereocenters. The van der Waals surface area contributed by atoms with Gasteiger partial charge in [-0.25, -0.2) is 9.50 Å². The Balaban J connectivity index is 1.60. The number of carbonyl (C=O) groups is 1. The summed E-state index contributed by atoms with van der Waals surface area (Å²) in [6, 6.07) is 12.3. The van der Waals surface area contributed by atoms with Gasteiger partial charge in [0.1, 0.15) is 0 Å². The Kier molecular flexibility index (Phi) is 4.23. The van der Waals surface area contributed by atoms with Crippen LogP contribution in [0.1, 0.15) is 51.8 Å². The van der Waals surface area contributed by atoms with Gasteiger partial charge < -0.3 is 4.90 Å². The first-order chi connectivity index (χ1) is 12.5. The molecule has 1 aliphatic heterocycles. The van der Waals surface area contributed by atoms with E-state index in [0.29, 0.717) is 11.6 Å². The second kappa shape index (κ2) is 6.56. The molecule has 0 radical (unpaired) electrons. The van der Waals surface area contributed by atoms with Crippen molar-refractivity contribution in [2.75, 3.05) is 13.1 Å². The van der Waals surface area contributed by atoms with Gasteiger partial charge in [-0.15, -0.1) is 0 Å². The molecule has 1 aliphatic rings. The lowest BCUT2D eigenvalue weighted by Gasteiger charge is -2.33. The largest absolute Gasteiger partial charge is 0.337 e. The van der Waals surface area contributed by atoms with Crippen LogP contribution in [0.5, 0.6) is 0 Å². The van der Waals surface area contributed by atoms with Gasteiger partial charge in [-0.05, 0) is 50.8 Å². The van der Waals surface area contributed by atoms with E-state index < -0.39 is 0 Å². The fraction of sp³-hybridized carbons (Fsp3) is 0.381. The third-order valence-corrected chi connectivity index (χ3v) is 5.29. The molecular weight excluding hydrogens is 324 g/mol. The van der Waals surface area contributed by atoms with Gasteiger partial charge in [0, 0.05) is 36.5 Å². The number of rotatable bonds is 2. The number of nitrogens with zero attached hydrogens (tertiary/aromatic N) is 4. The SMILES string of the molecule is Cc1cc(C)n2nc(C(=O)N3CCC[C@H](c4ccccc4C)C3)cc2n1. The van der Waals surface area contributed by atoms with E-state index in [4.69, 9.17) is 0 Å². The maximum atomic E-state index is 13.0. The lowest BCUT2D eigenvalue weighted by molar-refractivity contribution is 0.0700. The van der Waals surface area contributed by atoms with Crippen LogP contribution < -0.4 is 0 Å². The zero-order valence-electron chi connectivity index (χ0n) is 15.6. The highest BCUT2D eigenvalue weighted by atomic mass is 16.2. The van der Waals surface area contributed by atoms with Crippen molar-refractivity contribution in [3.63, 3.8) is 0 Å². The Hall–Kier alpha value is -2.69. The number of piperidine rings is 1. The summed E-state index contributed by atoms with van der Waals surface area (Å²) in [4.78, 5) is 19.5. The van der Waals surface area contributed by atoms with E-state index in [9.17, 15) is 4.79 Å². The number of aryl methyl sites for hydroxylation is 3. The Bertz CT molecular complexity index is 975. The van der Waals surface area contributed by atoms with Crippen molar-refractivity contribution in [2.45, 2.75) is 39.5 Å². The van der Waals surface area contributed by atoms with E-state index in [1.165, 1.54) is 11.1 Å². The van der Waals surface area contributed by atoms with E-state index in [1.807, 2.05) is 24.8 Å². The summed E-state index contributed by atoms with van der Waals surface area (Å²) in [7, 11) is 0. The molecule has 0 spiro atoms. The topological polar surface area (TPSA) is 50.5 Å². The fourth-order valence-electron chi connectivity index (χ4n) is 4.01. The van der Waals surface area contributed by atoms with Gasteiger partial charge in [-0.3, -0.25) is 4.79 Å². The minimum atomic E-state index is 0.00540. The highest BCUT2D eigenvalue weighted by molar-refractivity contribution is 5.93. The number of carbonyl (C=O) groups excluding carboxylic acids is 1. The van der Waals surface area contributed by atoms with Crippen LogP contribution in [-0.2, 0) is 0 Å². The van der Waals surface area contributed by atoms with Gasteiger partial charge in [0.15, 0.2) is 11.3 Å². The molecule has 3 aromatic rings. The zero-order valence-corrected chi connectivity index (χ0v) is 15.6. The van der Waals surface area contributed by atoms with Gasteiger partial charge in [-0.1, -0.05) is 24.3 Å². The quantitative estimate of drug-likeness (QED) is 0.710. The minimum absolute atomic E-state index is 0.00540. The molecule has 3 heterocycles. The van der Waals surface area contributed by atoms with Crippen LogP contribution in [-0.4, -0.2) is 38.5 Å². The van der Waals surface area contributed by atoms with Gasteiger partial charge in [0.25, 0.3) is 5.91 Å². The molecule has 0 N–H and O–H groups in total. The van der Waals surface area contributed by atoms with Crippen molar-refractivity contribution in [3.05, 3.63) is 64.6 Å². The third kappa shape index (κ3) is 2.98. The van der Waals surface area contributed by atoms with Crippen molar-refractivity contribution < 1.29 is 4.79 Å². The van der Waals surface area contributed by atoms with Gasteiger partial charge in [0.05, 0.1) is 0 Å². The molecule has 0 saturated carbocycles. The molecule has 0 bridgehead atoms. The highest BCUT2D eigenvalue weighted by Gasteiger charge is 2.27. The van der Waals surface area contributed by atoms with Crippen molar-refractivity contribution in [3.8, 4) is 0 Å². The van der Waals surface area contributed by atoms with Crippen LogP contribution in [0.15, 0.2) is 36.4 Å². The van der Waals surface area contributed by atoms with E-state index in [2.05, 4.69) is 41.3 Å². The first kappa shape index (κ1) is 16.8. The Morgan fingerprint density at radius 1 is 1.15 bits per heavy atom. The monoisotopic (exact) mass is 348 g/mol. The molecule has 1 saturated heterocycles. The summed E-state index contributed by atoms with van der Waals surface area (Å²) in [5.74, 6) is 0.402. The van der Waals surface area contributed by atoms with Crippen LogP contribution in [0.4, 0.5) is 0 Å². The summed E-state index contributed by atoms with van der Waals surface area (Å²) >= 11 is 0. The Labute approximate surface area is 153 Å². The van der Waals surface area contributed by atoms with E-state index in [0.717, 1.165) is 43.0 Å². The number of hydrogen-bond acceptors (Lipinski definition) is 3. The van der Waals surface area contributed by atoms with Crippen molar-refractivity contribution in [1.29, 1.82) is 0 Å². The number of likely N-dealkylation sites (tertiary alicyclic amines) is 1. The summed E-state index contributed by atoms with van der Waals surface area (Å²) < 4.78 is 1.75. The molecule has 5 heteroatoms. The van der Waals surface area contributed by atoms with Gasteiger partial charge in [-0.2, -0.15) is 5.10 Å². The molecule has 0 aliphatic carbocycles. The molecule has 26 heavy (non-hydrogen) atoms. The van der Waals surface area contributed by atoms with E-state index in [-0.39, 0.29) is 5.91 Å². The lowest BCUT2D eigenvalue weighted by atomic mass is 9.88. The Morgan fingerprint density at radius 2 is 1.96 bits per heavy atom. The summed E-state index contributed by atoms with van der Waals surface area (Å²) in [5, 5.41) is 4.51. The van der Waals surface area contributed by atoms with Crippen LogP contribution in [0.2, 0.25) is 0 Å². The standard InChI is InChI=1S/C21H24N4O/c1-14-7-4-5-9-18(14)17-8-6-10-24(13-17)21(26)19-12-20-22-15(2)11-16(3)25(20)23-19/h4-5,7,9,11-12,17H,6,8,10,13H2,1-3H3/t17-/m0/s1. The molecule has 1 aromatic carbocycles. The average molecular weight is 348 g/mol. The highest BCUT2D eigenvalue weighted by Crippen LogP contribution is 2.29. The molecule has 0 unspecified atom stereocenters. The maximum Gasteiger partial charge on any atom is 0.274 e. The Morgan fingerprint density at radius 3 is 2.77 bits per heavy atom. The molecular formula is C21H24N4O. The first-order valence-electron chi connectivity index (χ1n) is 9.22. The van der Waals surface area contributed by atoms with Crippen molar-refractivity contribution in [1.82, 2.24) is 19.5 Å². The van der Waals surface area contributed by atoms with E-state index >= 15 is 0 Å². The van der Waals surface area contributed by atoms with Gasteiger partial charge in [0.2, 0.25) is 0 Å². The van der Waals surface area contributed by atoms with Crippen LogP contribution in [0.3, 0.4) is 0 Å². The molecule has 2 aromatic heterocycles. The number of amides is 1. The van der Waals surface area contributed by atoms with E-state index in [1.54, 1.807) is 10.6 Å². The summed E-state index contributed by atoms with van der Waals surface area (Å²) in [5.41, 5.74) is 5.80. The predicted octanol–water partition coefficient (Wildman–Crippen LogP) is 3.67. The maximum absolute atomic E-state index is 13.0.